The number of halogens is 3. The van der Waals surface area contributed by atoms with Crippen LogP contribution >= 0.6 is 0 Å². The Hall–Kier alpha value is -3.34. The molecule has 0 aliphatic rings. The first-order valence-corrected chi connectivity index (χ1v) is 11.1. The molecule has 2 aromatic heterocycles. The van der Waals surface area contributed by atoms with Gasteiger partial charge in [-0.25, -0.2) is 18.4 Å². The number of alkyl halides is 3. The van der Waals surface area contributed by atoms with Gasteiger partial charge in [0.05, 0.1) is 5.69 Å². The number of pyridine rings is 2. The average molecular weight is 466 g/mol. The number of rotatable bonds is 9. The number of nitrogens with one attached hydrogen (secondary N) is 1. The lowest BCUT2D eigenvalue weighted by atomic mass is 10.3. The van der Waals surface area contributed by atoms with Crippen molar-refractivity contribution in [3.05, 3.63) is 72.6 Å². The SMILES string of the molecule is CCN(c1ccccc1)S(=O)(=O)c1ccc(NCc2ccc(OCC(F)(F)F)nc2)nc1. The summed E-state index contributed by atoms with van der Waals surface area (Å²) in [6, 6.07) is 14.7. The Morgan fingerprint density at radius 1 is 1.00 bits per heavy atom. The van der Waals surface area contributed by atoms with Crippen molar-refractivity contribution >= 4 is 21.5 Å². The second-order valence-corrected chi connectivity index (χ2v) is 8.51. The molecule has 2 heterocycles. The number of aromatic nitrogens is 2. The molecule has 0 spiro atoms. The molecule has 0 unspecified atom stereocenters. The van der Waals surface area contributed by atoms with Crippen LogP contribution in [0.2, 0.25) is 0 Å². The quantitative estimate of drug-likeness (QED) is 0.508. The molecule has 0 bridgehead atoms. The topological polar surface area (TPSA) is 84.4 Å². The van der Waals surface area contributed by atoms with E-state index in [1.807, 2.05) is 6.07 Å². The minimum Gasteiger partial charge on any atom is -0.468 e. The van der Waals surface area contributed by atoms with Crippen LogP contribution in [0.15, 0.2) is 71.9 Å². The van der Waals surface area contributed by atoms with Crippen LogP contribution < -0.4 is 14.4 Å². The summed E-state index contributed by atoms with van der Waals surface area (Å²) in [7, 11) is -3.77. The third-order valence-electron chi connectivity index (χ3n) is 4.31. The maximum Gasteiger partial charge on any atom is 0.422 e. The summed E-state index contributed by atoms with van der Waals surface area (Å²) in [6.45, 7) is 0.899. The Morgan fingerprint density at radius 2 is 1.75 bits per heavy atom. The molecule has 0 saturated carbocycles. The van der Waals surface area contributed by atoms with Crippen molar-refractivity contribution in [1.29, 1.82) is 0 Å². The maximum atomic E-state index is 13.0. The fourth-order valence-electron chi connectivity index (χ4n) is 2.80. The summed E-state index contributed by atoms with van der Waals surface area (Å²) < 4.78 is 68.3. The molecule has 0 fully saturated rings. The monoisotopic (exact) mass is 466 g/mol. The summed E-state index contributed by atoms with van der Waals surface area (Å²) in [6.07, 6.45) is -1.77. The van der Waals surface area contributed by atoms with Crippen LogP contribution in [-0.2, 0) is 16.6 Å². The fourth-order valence-corrected chi connectivity index (χ4v) is 4.22. The van der Waals surface area contributed by atoms with E-state index in [0.29, 0.717) is 17.1 Å². The minimum atomic E-state index is -4.43. The zero-order chi connectivity index (χ0) is 23.2. The summed E-state index contributed by atoms with van der Waals surface area (Å²) in [5, 5.41) is 3.01. The number of hydrogen-bond donors (Lipinski definition) is 1. The van der Waals surface area contributed by atoms with Gasteiger partial charge in [0, 0.05) is 31.5 Å². The number of anilines is 2. The lowest BCUT2D eigenvalue weighted by molar-refractivity contribution is -0.154. The molecule has 1 aromatic carbocycles. The van der Waals surface area contributed by atoms with Crippen LogP contribution in [0.4, 0.5) is 24.7 Å². The molecule has 1 N–H and O–H groups in total. The number of nitrogens with zero attached hydrogens (tertiary/aromatic N) is 3. The molecule has 7 nitrogen and oxygen atoms in total. The van der Waals surface area contributed by atoms with Gasteiger partial charge in [-0.05, 0) is 36.8 Å². The van der Waals surface area contributed by atoms with E-state index in [1.54, 1.807) is 43.3 Å². The van der Waals surface area contributed by atoms with Crippen molar-refractivity contribution in [1.82, 2.24) is 9.97 Å². The second-order valence-electron chi connectivity index (χ2n) is 6.65. The minimum absolute atomic E-state index is 0.0570. The molecular weight excluding hydrogens is 445 g/mol. The van der Waals surface area contributed by atoms with Crippen LogP contribution in [0.25, 0.3) is 0 Å². The smallest absolute Gasteiger partial charge is 0.422 e. The molecule has 32 heavy (non-hydrogen) atoms. The number of para-hydroxylation sites is 1. The molecule has 0 aliphatic heterocycles. The first-order chi connectivity index (χ1) is 15.2. The zero-order valence-corrected chi connectivity index (χ0v) is 17.9. The van der Waals surface area contributed by atoms with Crippen molar-refractivity contribution in [2.24, 2.45) is 0 Å². The van der Waals surface area contributed by atoms with E-state index in [1.165, 1.54) is 28.8 Å². The molecule has 170 valence electrons. The van der Waals surface area contributed by atoms with Crippen LogP contribution in [0.3, 0.4) is 0 Å². The Labute approximate surface area is 183 Å². The molecule has 11 heteroatoms. The average Bonchev–Trinajstić information content (AvgIpc) is 2.78. The fraction of sp³-hybridized carbons (Fsp3) is 0.238. The highest BCUT2D eigenvalue weighted by molar-refractivity contribution is 7.92. The highest BCUT2D eigenvalue weighted by Gasteiger charge is 2.28. The van der Waals surface area contributed by atoms with Crippen LogP contribution in [-0.4, -0.2) is 37.7 Å². The van der Waals surface area contributed by atoms with Gasteiger partial charge in [0.15, 0.2) is 6.61 Å². The first-order valence-electron chi connectivity index (χ1n) is 9.61. The van der Waals surface area contributed by atoms with E-state index in [-0.39, 0.29) is 23.9 Å². The number of ether oxygens (including phenoxy) is 1. The van der Waals surface area contributed by atoms with E-state index in [2.05, 4.69) is 20.0 Å². The predicted octanol–water partition coefficient (Wildman–Crippen LogP) is 4.25. The Morgan fingerprint density at radius 3 is 2.31 bits per heavy atom. The molecule has 0 saturated heterocycles. The number of benzene rings is 1. The van der Waals surface area contributed by atoms with Gasteiger partial charge in [-0.3, -0.25) is 4.31 Å². The van der Waals surface area contributed by atoms with Gasteiger partial charge in [-0.15, -0.1) is 0 Å². The van der Waals surface area contributed by atoms with Gasteiger partial charge in [0.1, 0.15) is 10.7 Å². The molecule has 0 aliphatic carbocycles. The third-order valence-corrected chi connectivity index (χ3v) is 6.20. The maximum absolute atomic E-state index is 13.0. The zero-order valence-electron chi connectivity index (χ0n) is 17.1. The van der Waals surface area contributed by atoms with E-state index in [4.69, 9.17) is 0 Å². The van der Waals surface area contributed by atoms with Crippen molar-refractivity contribution in [3.8, 4) is 5.88 Å². The van der Waals surface area contributed by atoms with Gasteiger partial charge < -0.3 is 10.1 Å². The van der Waals surface area contributed by atoms with Crippen LogP contribution in [0, 0.1) is 0 Å². The van der Waals surface area contributed by atoms with Gasteiger partial charge in [-0.2, -0.15) is 13.2 Å². The van der Waals surface area contributed by atoms with E-state index in [0.717, 1.165) is 0 Å². The first kappa shape index (κ1) is 23.3. The van der Waals surface area contributed by atoms with Gasteiger partial charge in [-0.1, -0.05) is 24.3 Å². The summed E-state index contributed by atoms with van der Waals surface area (Å²) in [5.41, 5.74) is 1.25. The highest BCUT2D eigenvalue weighted by Crippen LogP contribution is 2.23. The molecule has 3 rings (SSSR count). The van der Waals surface area contributed by atoms with Crippen LogP contribution in [0.1, 0.15) is 12.5 Å². The van der Waals surface area contributed by atoms with Crippen molar-refractivity contribution in [3.63, 3.8) is 0 Å². The Balaban J connectivity index is 1.62. The molecule has 3 aromatic rings. The van der Waals surface area contributed by atoms with Crippen molar-refractivity contribution < 1.29 is 26.3 Å². The van der Waals surface area contributed by atoms with Crippen molar-refractivity contribution in [2.75, 3.05) is 22.8 Å². The van der Waals surface area contributed by atoms with E-state index in [9.17, 15) is 21.6 Å². The molecule has 0 radical (unpaired) electrons. The Bertz CT molecular complexity index is 1110. The number of hydrogen-bond acceptors (Lipinski definition) is 6. The largest absolute Gasteiger partial charge is 0.468 e. The summed E-state index contributed by atoms with van der Waals surface area (Å²) in [5.74, 6) is 0.307. The molecule has 0 atom stereocenters. The number of sulfonamides is 1. The second kappa shape index (κ2) is 9.86. The summed E-state index contributed by atoms with van der Waals surface area (Å²) in [4.78, 5) is 8.04. The van der Waals surface area contributed by atoms with E-state index < -0.39 is 22.8 Å². The van der Waals surface area contributed by atoms with Crippen molar-refractivity contribution in [2.45, 2.75) is 24.5 Å². The normalized spacial score (nSPS) is 11.8. The lowest BCUT2D eigenvalue weighted by Gasteiger charge is -2.22. The standard InChI is InChI=1S/C21H21F3N4O3S/c1-2-28(17-6-4-3-5-7-17)32(29,30)18-9-10-19(26-14-18)25-12-16-8-11-20(27-13-16)31-15-21(22,23)24/h3-11,13-14H,2,12,15H2,1H3,(H,25,26). The highest BCUT2D eigenvalue weighted by atomic mass is 32.2. The van der Waals surface area contributed by atoms with E-state index >= 15 is 0 Å². The molecule has 0 amide bonds. The van der Waals surface area contributed by atoms with Gasteiger partial charge >= 0.3 is 6.18 Å². The van der Waals surface area contributed by atoms with Crippen LogP contribution in [0.5, 0.6) is 5.88 Å². The molecular formula is C21H21F3N4O3S. The predicted molar refractivity (Wildman–Crippen MR) is 114 cm³/mol. The Kier molecular flexibility index (Phi) is 7.18. The summed E-state index contributed by atoms with van der Waals surface area (Å²) >= 11 is 0. The van der Waals surface area contributed by atoms with Gasteiger partial charge in [0.25, 0.3) is 10.0 Å². The third kappa shape index (κ3) is 6.10. The lowest BCUT2D eigenvalue weighted by Crippen LogP contribution is -2.30. The van der Waals surface area contributed by atoms with Gasteiger partial charge in [0.2, 0.25) is 5.88 Å².